The van der Waals surface area contributed by atoms with E-state index in [0.29, 0.717) is 6.54 Å². The Morgan fingerprint density at radius 2 is 2.06 bits per heavy atom. The summed E-state index contributed by atoms with van der Waals surface area (Å²) in [5.41, 5.74) is 3.23. The van der Waals surface area contributed by atoms with Crippen LogP contribution in [0.3, 0.4) is 0 Å². The molecule has 0 aliphatic rings. The molecule has 2 aromatic rings. The van der Waals surface area contributed by atoms with Crippen molar-refractivity contribution in [2.75, 3.05) is 25.1 Å². The van der Waals surface area contributed by atoms with Crippen LogP contribution in [-0.4, -0.2) is 41.5 Å². The first-order valence-corrected chi connectivity index (χ1v) is 5.71. The van der Waals surface area contributed by atoms with Gasteiger partial charge in [0.15, 0.2) is 0 Å². The second kappa shape index (κ2) is 4.77. The Morgan fingerprint density at radius 1 is 1.35 bits per heavy atom. The molecule has 0 spiro atoms. The summed E-state index contributed by atoms with van der Waals surface area (Å²) in [4.78, 5) is 5.28. The van der Waals surface area contributed by atoms with E-state index in [0.717, 1.165) is 22.3 Å². The average molecular weight is 234 g/mol. The number of likely N-dealkylation sites (N-methyl/N-ethyl adjacent to an activating group) is 1. The van der Waals surface area contributed by atoms with Crippen LogP contribution >= 0.6 is 0 Å². The highest BCUT2D eigenvalue weighted by Crippen LogP contribution is 2.29. The van der Waals surface area contributed by atoms with Crippen molar-refractivity contribution >= 4 is 16.6 Å². The second-order valence-electron chi connectivity index (χ2n) is 4.36. The van der Waals surface area contributed by atoms with Crippen LogP contribution in [0.25, 0.3) is 10.9 Å². The number of aromatic nitrogens is 1. The summed E-state index contributed by atoms with van der Waals surface area (Å²) in [7, 11) is 1.92. The lowest BCUT2D eigenvalue weighted by molar-refractivity contribution is 0.101. The maximum absolute atomic E-state index is 9.49. The third-order valence-electron chi connectivity index (χ3n) is 2.94. The van der Waals surface area contributed by atoms with Crippen LogP contribution in [0, 0.1) is 6.92 Å². The molecule has 1 aromatic carbocycles. The molecule has 4 heteroatoms. The molecule has 3 N–H and O–H groups in total. The molecule has 0 saturated heterocycles. The molecule has 2 rings (SSSR count). The number of anilines is 1. The number of aliphatic hydroxyl groups excluding tert-OH is 2. The fourth-order valence-corrected chi connectivity index (χ4v) is 2.22. The van der Waals surface area contributed by atoms with Gasteiger partial charge in [-0.05, 0) is 13.0 Å². The van der Waals surface area contributed by atoms with Crippen molar-refractivity contribution in [2.24, 2.45) is 0 Å². The van der Waals surface area contributed by atoms with Crippen molar-refractivity contribution in [2.45, 2.75) is 13.0 Å². The highest BCUT2D eigenvalue weighted by atomic mass is 16.3. The Balaban J connectivity index is 2.37. The zero-order valence-corrected chi connectivity index (χ0v) is 10.1. The van der Waals surface area contributed by atoms with E-state index in [1.807, 2.05) is 37.1 Å². The Hall–Kier alpha value is -1.52. The van der Waals surface area contributed by atoms with Gasteiger partial charge >= 0.3 is 0 Å². The van der Waals surface area contributed by atoms with Gasteiger partial charge in [-0.1, -0.05) is 18.2 Å². The summed E-state index contributed by atoms with van der Waals surface area (Å²) >= 11 is 0. The standard InChI is InChI=1S/C13H18N2O2/c1-9-13(15(2)7-10(17)8-16)11-5-3-4-6-12(11)14-9/h3-6,10,14,16-17H,7-8H2,1-2H3. The molecule has 0 bridgehead atoms. The minimum Gasteiger partial charge on any atom is -0.394 e. The Bertz CT molecular complexity index is 507. The number of hydrogen-bond acceptors (Lipinski definition) is 3. The molecule has 4 nitrogen and oxygen atoms in total. The number of para-hydroxylation sites is 1. The van der Waals surface area contributed by atoms with Crippen LogP contribution < -0.4 is 4.90 Å². The summed E-state index contributed by atoms with van der Waals surface area (Å²) < 4.78 is 0. The Kier molecular flexibility index (Phi) is 3.36. The molecule has 0 saturated carbocycles. The van der Waals surface area contributed by atoms with Crippen LogP contribution in [0.4, 0.5) is 5.69 Å². The van der Waals surface area contributed by atoms with Crippen molar-refractivity contribution < 1.29 is 10.2 Å². The van der Waals surface area contributed by atoms with Crippen LogP contribution in [0.2, 0.25) is 0 Å². The predicted molar refractivity (Wildman–Crippen MR) is 69.4 cm³/mol. The normalized spacial score (nSPS) is 12.9. The molecule has 17 heavy (non-hydrogen) atoms. The number of nitrogens with zero attached hydrogens (tertiary/aromatic N) is 1. The van der Waals surface area contributed by atoms with E-state index in [4.69, 9.17) is 5.11 Å². The average Bonchev–Trinajstić information content (AvgIpc) is 2.64. The van der Waals surface area contributed by atoms with Crippen molar-refractivity contribution in [3.8, 4) is 0 Å². The molecule has 1 atom stereocenters. The van der Waals surface area contributed by atoms with Gasteiger partial charge in [-0.3, -0.25) is 0 Å². The third kappa shape index (κ3) is 2.28. The van der Waals surface area contributed by atoms with Gasteiger partial charge in [0.1, 0.15) is 0 Å². The quantitative estimate of drug-likeness (QED) is 0.746. The summed E-state index contributed by atoms with van der Waals surface area (Å²) in [6, 6.07) is 8.07. The summed E-state index contributed by atoms with van der Waals surface area (Å²) in [5, 5.41) is 19.5. The molecule has 0 radical (unpaired) electrons. The van der Waals surface area contributed by atoms with Crippen molar-refractivity contribution in [3.63, 3.8) is 0 Å². The lowest BCUT2D eigenvalue weighted by atomic mass is 10.2. The molecule has 0 aliphatic heterocycles. The highest BCUT2D eigenvalue weighted by molar-refractivity contribution is 5.94. The molecule has 1 heterocycles. The van der Waals surface area contributed by atoms with Crippen molar-refractivity contribution in [1.29, 1.82) is 0 Å². The number of nitrogens with one attached hydrogen (secondary N) is 1. The van der Waals surface area contributed by atoms with Gasteiger partial charge in [0.2, 0.25) is 0 Å². The molecule has 1 unspecified atom stereocenters. The second-order valence-corrected chi connectivity index (χ2v) is 4.36. The van der Waals surface area contributed by atoms with Crippen molar-refractivity contribution in [3.05, 3.63) is 30.0 Å². The molecule has 1 aromatic heterocycles. The van der Waals surface area contributed by atoms with Gasteiger partial charge in [-0.2, -0.15) is 0 Å². The van der Waals surface area contributed by atoms with E-state index in [9.17, 15) is 5.11 Å². The summed E-state index contributed by atoms with van der Waals surface area (Å²) in [5.74, 6) is 0. The van der Waals surface area contributed by atoms with Gasteiger partial charge in [0.25, 0.3) is 0 Å². The summed E-state index contributed by atoms with van der Waals surface area (Å²) in [6.07, 6.45) is -0.715. The number of benzene rings is 1. The highest BCUT2D eigenvalue weighted by Gasteiger charge is 2.14. The number of H-pyrrole nitrogens is 1. The Morgan fingerprint density at radius 3 is 2.76 bits per heavy atom. The van der Waals surface area contributed by atoms with E-state index in [2.05, 4.69) is 11.1 Å². The maximum atomic E-state index is 9.49. The number of aryl methyl sites for hydroxylation is 1. The summed E-state index contributed by atoms with van der Waals surface area (Å²) in [6.45, 7) is 2.21. The van der Waals surface area contributed by atoms with Gasteiger partial charge < -0.3 is 20.1 Å². The largest absolute Gasteiger partial charge is 0.394 e. The first-order valence-electron chi connectivity index (χ1n) is 5.71. The van der Waals surface area contributed by atoms with E-state index < -0.39 is 6.10 Å². The predicted octanol–water partition coefficient (Wildman–Crippen LogP) is 1.27. The van der Waals surface area contributed by atoms with E-state index in [1.165, 1.54) is 0 Å². The first-order chi connectivity index (χ1) is 8.13. The first kappa shape index (κ1) is 12.0. The third-order valence-corrected chi connectivity index (χ3v) is 2.94. The zero-order valence-electron chi connectivity index (χ0n) is 10.1. The number of fused-ring (bicyclic) bond motifs is 1. The number of rotatable bonds is 4. The lowest BCUT2D eigenvalue weighted by Gasteiger charge is -2.22. The molecule has 92 valence electrons. The minimum absolute atomic E-state index is 0.217. The smallest absolute Gasteiger partial charge is 0.0945 e. The molecular formula is C13H18N2O2. The Labute approximate surface area is 100 Å². The fraction of sp³-hybridized carbons (Fsp3) is 0.385. The maximum Gasteiger partial charge on any atom is 0.0945 e. The minimum atomic E-state index is -0.715. The number of aromatic amines is 1. The lowest BCUT2D eigenvalue weighted by Crippen LogP contribution is -2.31. The van der Waals surface area contributed by atoms with Gasteiger partial charge in [0, 0.05) is 30.2 Å². The van der Waals surface area contributed by atoms with Gasteiger partial charge in [0.05, 0.1) is 18.4 Å². The van der Waals surface area contributed by atoms with Crippen molar-refractivity contribution in [1.82, 2.24) is 4.98 Å². The topological polar surface area (TPSA) is 59.5 Å². The van der Waals surface area contributed by atoms with Crippen LogP contribution in [0.15, 0.2) is 24.3 Å². The van der Waals surface area contributed by atoms with Crippen LogP contribution in [-0.2, 0) is 0 Å². The number of hydrogen-bond donors (Lipinski definition) is 3. The van der Waals surface area contributed by atoms with E-state index in [-0.39, 0.29) is 6.61 Å². The van der Waals surface area contributed by atoms with E-state index in [1.54, 1.807) is 0 Å². The number of aliphatic hydroxyl groups is 2. The SMILES string of the molecule is Cc1[nH]c2ccccc2c1N(C)CC(O)CO. The molecule has 0 amide bonds. The monoisotopic (exact) mass is 234 g/mol. The zero-order chi connectivity index (χ0) is 12.4. The van der Waals surface area contributed by atoms with Crippen LogP contribution in [0.5, 0.6) is 0 Å². The molecular weight excluding hydrogens is 216 g/mol. The van der Waals surface area contributed by atoms with Crippen LogP contribution in [0.1, 0.15) is 5.69 Å². The van der Waals surface area contributed by atoms with E-state index >= 15 is 0 Å². The van der Waals surface area contributed by atoms with Gasteiger partial charge in [-0.25, -0.2) is 0 Å². The molecule has 0 aliphatic carbocycles. The molecule has 0 fully saturated rings. The van der Waals surface area contributed by atoms with Gasteiger partial charge in [-0.15, -0.1) is 0 Å². The fourth-order valence-electron chi connectivity index (χ4n) is 2.22.